The van der Waals surface area contributed by atoms with Gasteiger partial charge in [-0.2, -0.15) is 5.10 Å². The molecule has 0 bridgehead atoms. The van der Waals surface area contributed by atoms with Crippen molar-refractivity contribution in [2.24, 2.45) is 0 Å². The molecule has 5 nitrogen and oxygen atoms in total. The summed E-state index contributed by atoms with van der Waals surface area (Å²) in [6.45, 7) is 7.71. The lowest BCUT2D eigenvalue weighted by Crippen LogP contribution is -2.25. The molecule has 0 saturated carbocycles. The second-order valence-corrected chi connectivity index (χ2v) is 5.21. The summed E-state index contributed by atoms with van der Waals surface area (Å²) in [5, 5.41) is 14.4. The number of nitrogens with zero attached hydrogens (tertiary/aromatic N) is 2. The number of aliphatic hydroxyl groups excluding tert-OH is 1. The van der Waals surface area contributed by atoms with E-state index in [1.807, 2.05) is 27.7 Å². The zero-order valence-electron chi connectivity index (χ0n) is 10.5. The highest BCUT2D eigenvalue weighted by atomic mass is 16.3. The second-order valence-electron chi connectivity index (χ2n) is 5.21. The van der Waals surface area contributed by atoms with E-state index in [1.165, 1.54) is 0 Å². The Morgan fingerprint density at radius 3 is 2.65 bits per heavy atom. The van der Waals surface area contributed by atoms with E-state index in [9.17, 15) is 4.79 Å². The van der Waals surface area contributed by atoms with Crippen molar-refractivity contribution in [1.29, 1.82) is 0 Å². The standard InChI is InChI=1S/C12H17N3O2/c1-7-9-5-8(6-16)11(17)13-10(9)15(14-7)12(2,3)4/h5,16H,6H2,1-4H3,(H,13,17). The van der Waals surface area contributed by atoms with Gasteiger partial charge in [0, 0.05) is 10.9 Å². The van der Waals surface area contributed by atoms with Crippen LogP contribution in [0.5, 0.6) is 0 Å². The van der Waals surface area contributed by atoms with Crippen molar-refractivity contribution < 1.29 is 5.11 Å². The SMILES string of the molecule is Cc1nn(C(C)(C)C)c2[nH]c(=O)c(CO)cc12. The Morgan fingerprint density at radius 1 is 1.47 bits per heavy atom. The van der Waals surface area contributed by atoms with Crippen molar-refractivity contribution in [1.82, 2.24) is 14.8 Å². The van der Waals surface area contributed by atoms with Crippen LogP contribution in [0.15, 0.2) is 10.9 Å². The van der Waals surface area contributed by atoms with Gasteiger partial charge >= 0.3 is 0 Å². The number of rotatable bonds is 1. The number of H-pyrrole nitrogens is 1. The number of hydrogen-bond donors (Lipinski definition) is 2. The third-order valence-corrected chi connectivity index (χ3v) is 2.75. The largest absolute Gasteiger partial charge is 0.391 e. The van der Waals surface area contributed by atoms with Gasteiger partial charge in [0.2, 0.25) is 0 Å². The molecule has 0 unspecified atom stereocenters. The number of aromatic amines is 1. The van der Waals surface area contributed by atoms with Crippen LogP contribution < -0.4 is 5.56 Å². The fraction of sp³-hybridized carbons (Fsp3) is 0.500. The molecule has 0 amide bonds. The Balaban J connectivity index is 2.84. The number of aryl methyl sites for hydroxylation is 1. The quantitative estimate of drug-likeness (QED) is 0.782. The van der Waals surface area contributed by atoms with E-state index < -0.39 is 0 Å². The highest BCUT2D eigenvalue weighted by Gasteiger charge is 2.20. The maximum atomic E-state index is 11.7. The molecule has 0 saturated heterocycles. The van der Waals surface area contributed by atoms with Crippen molar-refractivity contribution in [3.63, 3.8) is 0 Å². The van der Waals surface area contributed by atoms with Gasteiger partial charge < -0.3 is 10.1 Å². The van der Waals surface area contributed by atoms with Gasteiger partial charge in [-0.3, -0.25) is 4.79 Å². The second kappa shape index (κ2) is 3.70. The van der Waals surface area contributed by atoms with Crippen molar-refractivity contribution in [2.45, 2.75) is 39.8 Å². The normalized spacial score (nSPS) is 12.3. The minimum Gasteiger partial charge on any atom is -0.391 e. The van der Waals surface area contributed by atoms with Gasteiger partial charge in [0.1, 0.15) is 5.65 Å². The molecule has 0 radical (unpaired) electrons. The zero-order valence-corrected chi connectivity index (χ0v) is 10.5. The fourth-order valence-corrected chi connectivity index (χ4v) is 1.86. The van der Waals surface area contributed by atoms with Crippen LogP contribution in [0.1, 0.15) is 32.0 Å². The van der Waals surface area contributed by atoms with Crippen LogP contribution in [0, 0.1) is 6.92 Å². The summed E-state index contributed by atoms with van der Waals surface area (Å²) in [5.74, 6) is 0. The van der Waals surface area contributed by atoms with Gasteiger partial charge in [-0.05, 0) is 33.8 Å². The van der Waals surface area contributed by atoms with Crippen LogP contribution in [0.3, 0.4) is 0 Å². The van der Waals surface area contributed by atoms with Gasteiger partial charge in [-0.15, -0.1) is 0 Å². The molecule has 0 aliphatic rings. The van der Waals surface area contributed by atoms with Crippen LogP contribution in [0.2, 0.25) is 0 Å². The zero-order chi connectivity index (χ0) is 12.8. The molecule has 0 atom stereocenters. The average Bonchev–Trinajstić information content (AvgIpc) is 2.54. The molecule has 0 spiro atoms. The molecule has 2 aromatic rings. The smallest absolute Gasteiger partial charge is 0.255 e. The maximum Gasteiger partial charge on any atom is 0.255 e. The Labute approximate surface area is 99.1 Å². The number of aromatic nitrogens is 3. The lowest BCUT2D eigenvalue weighted by atomic mass is 10.1. The Kier molecular flexibility index (Phi) is 2.58. The molecule has 0 aromatic carbocycles. The summed E-state index contributed by atoms with van der Waals surface area (Å²) < 4.78 is 1.81. The predicted molar refractivity (Wildman–Crippen MR) is 66.0 cm³/mol. The van der Waals surface area contributed by atoms with Crippen LogP contribution in [0.25, 0.3) is 11.0 Å². The van der Waals surface area contributed by atoms with Crippen LogP contribution in [0.4, 0.5) is 0 Å². The van der Waals surface area contributed by atoms with E-state index in [0.29, 0.717) is 11.2 Å². The molecule has 0 aliphatic heterocycles. The lowest BCUT2D eigenvalue weighted by Gasteiger charge is -2.20. The highest BCUT2D eigenvalue weighted by Crippen LogP contribution is 2.22. The topological polar surface area (TPSA) is 70.9 Å². The van der Waals surface area contributed by atoms with E-state index >= 15 is 0 Å². The first-order valence-electron chi connectivity index (χ1n) is 5.57. The number of nitrogens with one attached hydrogen (secondary N) is 1. The highest BCUT2D eigenvalue weighted by molar-refractivity contribution is 5.78. The summed E-state index contributed by atoms with van der Waals surface area (Å²) in [6, 6.07) is 1.71. The lowest BCUT2D eigenvalue weighted by molar-refractivity contribution is 0.280. The van der Waals surface area contributed by atoms with Gasteiger partial charge in [0.25, 0.3) is 5.56 Å². The third-order valence-electron chi connectivity index (χ3n) is 2.75. The molecular formula is C12H17N3O2. The molecule has 2 N–H and O–H groups in total. The first-order valence-corrected chi connectivity index (χ1v) is 5.57. The Hall–Kier alpha value is -1.62. The van der Waals surface area contributed by atoms with Gasteiger partial charge in [-0.1, -0.05) is 0 Å². The summed E-state index contributed by atoms with van der Waals surface area (Å²) in [6.07, 6.45) is 0. The third kappa shape index (κ3) is 1.86. The molecule has 2 aromatic heterocycles. The molecule has 0 aliphatic carbocycles. The predicted octanol–water partition coefficient (Wildman–Crippen LogP) is 1.28. The van der Waals surface area contributed by atoms with E-state index in [1.54, 1.807) is 10.7 Å². The molecule has 92 valence electrons. The summed E-state index contributed by atoms with van der Waals surface area (Å²) in [7, 11) is 0. The van der Waals surface area contributed by atoms with Gasteiger partial charge in [0.05, 0.1) is 17.8 Å². The van der Waals surface area contributed by atoms with Crippen LogP contribution in [-0.2, 0) is 12.1 Å². The monoisotopic (exact) mass is 235 g/mol. The van der Waals surface area contributed by atoms with Crippen molar-refractivity contribution in [3.8, 4) is 0 Å². The van der Waals surface area contributed by atoms with Gasteiger partial charge in [0.15, 0.2) is 0 Å². The maximum absolute atomic E-state index is 11.7. The molecular weight excluding hydrogens is 218 g/mol. The van der Waals surface area contributed by atoms with Gasteiger partial charge in [-0.25, -0.2) is 4.68 Å². The minimum atomic E-state index is -0.259. The van der Waals surface area contributed by atoms with Crippen molar-refractivity contribution in [3.05, 3.63) is 27.7 Å². The molecule has 0 fully saturated rings. The minimum absolute atomic E-state index is 0.198. The van der Waals surface area contributed by atoms with E-state index in [4.69, 9.17) is 5.11 Å². The van der Waals surface area contributed by atoms with E-state index in [0.717, 1.165) is 11.1 Å². The first-order chi connectivity index (χ1) is 7.84. The fourth-order valence-electron chi connectivity index (χ4n) is 1.86. The summed E-state index contributed by atoms with van der Waals surface area (Å²) >= 11 is 0. The Morgan fingerprint density at radius 2 is 2.12 bits per heavy atom. The molecule has 2 heterocycles. The summed E-state index contributed by atoms with van der Waals surface area (Å²) in [4.78, 5) is 14.5. The van der Waals surface area contributed by atoms with Crippen molar-refractivity contribution in [2.75, 3.05) is 0 Å². The van der Waals surface area contributed by atoms with Crippen LogP contribution in [-0.4, -0.2) is 19.9 Å². The Bertz CT molecular complexity index is 617. The molecule has 17 heavy (non-hydrogen) atoms. The average molecular weight is 235 g/mol. The van der Waals surface area contributed by atoms with E-state index in [-0.39, 0.29) is 17.7 Å². The molecule has 5 heteroatoms. The summed E-state index contributed by atoms with van der Waals surface area (Å²) in [5.41, 5.74) is 1.47. The number of pyridine rings is 1. The first kappa shape index (κ1) is 11.9. The number of hydrogen-bond acceptors (Lipinski definition) is 3. The number of fused-ring (bicyclic) bond motifs is 1. The molecule has 2 rings (SSSR count). The number of aliphatic hydroxyl groups is 1. The van der Waals surface area contributed by atoms with Crippen molar-refractivity contribution >= 4 is 11.0 Å². The van der Waals surface area contributed by atoms with E-state index in [2.05, 4.69) is 10.1 Å². The van der Waals surface area contributed by atoms with Crippen LogP contribution >= 0.6 is 0 Å².